The zero-order chi connectivity index (χ0) is 19.7. The maximum absolute atomic E-state index is 12.7. The van der Waals surface area contributed by atoms with Crippen LogP contribution in [0.3, 0.4) is 0 Å². The molecule has 0 radical (unpaired) electrons. The van der Waals surface area contributed by atoms with Crippen LogP contribution in [0, 0.1) is 12.8 Å². The highest BCUT2D eigenvalue weighted by molar-refractivity contribution is 7.20. The maximum atomic E-state index is 12.7. The third-order valence-electron chi connectivity index (χ3n) is 4.78. The zero-order valence-corrected chi connectivity index (χ0v) is 16.5. The van der Waals surface area contributed by atoms with Gasteiger partial charge in [0.25, 0.3) is 5.56 Å². The summed E-state index contributed by atoms with van der Waals surface area (Å²) >= 11 is 1.38. The summed E-state index contributed by atoms with van der Waals surface area (Å²) in [7, 11) is 1.61. The topological polar surface area (TPSA) is 88.8 Å². The van der Waals surface area contributed by atoms with Crippen LogP contribution in [-0.2, 0) is 4.79 Å². The van der Waals surface area contributed by atoms with Crippen LogP contribution in [0.4, 0.5) is 10.8 Å². The molecule has 8 nitrogen and oxygen atoms in total. The largest absolute Gasteiger partial charge is 0.497 e. The molecule has 1 aliphatic heterocycles. The first-order valence-electron chi connectivity index (χ1n) is 9.11. The lowest BCUT2D eigenvalue weighted by Gasteiger charge is -2.31. The second-order valence-corrected chi connectivity index (χ2v) is 7.75. The molecule has 0 unspecified atom stereocenters. The smallest absolute Gasteiger partial charge is 0.275 e. The molecule has 146 valence electrons. The first kappa shape index (κ1) is 18.4. The molecule has 1 aromatic carbocycles. The molecule has 28 heavy (non-hydrogen) atoms. The van der Waals surface area contributed by atoms with Crippen molar-refractivity contribution in [3.63, 3.8) is 0 Å². The van der Waals surface area contributed by atoms with Gasteiger partial charge in [-0.25, -0.2) is 4.98 Å². The Morgan fingerprint density at radius 2 is 2.11 bits per heavy atom. The Morgan fingerprint density at radius 3 is 2.86 bits per heavy atom. The number of anilines is 2. The van der Waals surface area contributed by atoms with Crippen LogP contribution >= 0.6 is 11.3 Å². The molecule has 2 aromatic heterocycles. The van der Waals surface area contributed by atoms with Crippen LogP contribution in [0.15, 0.2) is 35.1 Å². The van der Waals surface area contributed by atoms with E-state index in [0.717, 1.165) is 36.0 Å². The Morgan fingerprint density at radius 1 is 1.32 bits per heavy atom. The highest BCUT2D eigenvalue weighted by atomic mass is 32.1. The van der Waals surface area contributed by atoms with E-state index in [2.05, 4.69) is 20.3 Å². The summed E-state index contributed by atoms with van der Waals surface area (Å²) in [5, 5.41) is 8.11. The Bertz CT molecular complexity index is 1060. The van der Waals surface area contributed by atoms with Crippen molar-refractivity contribution >= 4 is 33.0 Å². The number of carbonyl (C=O) groups excluding carboxylic acids is 1. The number of amides is 1. The average molecular weight is 399 g/mol. The van der Waals surface area contributed by atoms with Crippen molar-refractivity contribution < 1.29 is 9.53 Å². The van der Waals surface area contributed by atoms with Gasteiger partial charge in [0, 0.05) is 30.5 Å². The molecular weight excluding hydrogens is 378 g/mol. The van der Waals surface area contributed by atoms with Gasteiger partial charge >= 0.3 is 0 Å². The first-order chi connectivity index (χ1) is 13.5. The number of piperidine rings is 1. The monoisotopic (exact) mass is 399 g/mol. The predicted octanol–water partition coefficient (Wildman–Crippen LogP) is 2.32. The Kier molecular flexibility index (Phi) is 4.99. The number of fused-ring (bicyclic) bond motifs is 1. The molecule has 1 fully saturated rings. The zero-order valence-electron chi connectivity index (χ0n) is 15.7. The Hall–Kier alpha value is -2.94. The number of rotatable bonds is 4. The molecule has 0 saturated carbocycles. The second-order valence-electron chi connectivity index (χ2n) is 6.82. The summed E-state index contributed by atoms with van der Waals surface area (Å²) < 4.78 is 6.47. The number of carbonyl (C=O) groups is 1. The van der Waals surface area contributed by atoms with Crippen LogP contribution in [0.5, 0.6) is 5.75 Å². The van der Waals surface area contributed by atoms with Gasteiger partial charge < -0.3 is 15.0 Å². The van der Waals surface area contributed by atoms with Gasteiger partial charge in [0.1, 0.15) is 5.75 Å². The van der Waals surface area contributed by atoms with Crippen molar-refractivity contribution in [2.45, 2.75) is 19.8 Å². The van der Waals surface area contributed by atoms with Gasteiger partial charge in [-0.3, -0.25) is 9.59 Å². The van der Waals surface area contributed by atoms with Crippen molar-refractivity contribution in [1.82, 2.24) is 14.6 Å². The number of nitrogens with zero attached hydrogens (tertiary/aromatic N) is 4. The number of nitrogens with one attached hydrogen (secondary N) is 1. The third kappa shape index (κ3) is 3.70. The van der Waals surface area contributed by atoms with E-state index in [1.807, 2.05) is 24.3 Å². The summed E-state index contributed by atoms with van der Waals surface area (Å²) in [6.45, 7) is 3.16. The molecule has 1 aliphatic rings. The SMILES string of the molecule is COc1ccc(NC(=O)[C@@H]2CCCN(c3nn4c(=O)cc(C)nc4s3)C2)cc1. The van der Waals surface area contributed by atoms with E-state index in [0.29, 0.717) is 17.2 Å². The van der Waals surface area contributed by atoms with E-state index in [1.54, 1.807) is 14.0 Å². The minimum Gasteiger partial charge on any atom is -0.497 e. The number of hydrogen-bond acceptors (Lipinski definition) is 7. The molecule has 0 aliphatic carbocycles. The minimum atomic E-state index is -0.184. The second kappa shape index (κ2) is 7.59. The minimum absolute atomic E-state index is 0.0119. The van der Waals surface area contributed by atoms with Gasteiger partial charge in [0.05, 0.1) is 13.0 Å². The molecular formula is C19H21N5O3S. The molecule has 4 rings (SSSR count). The lowest BCUT2D eigenvalue weighted by molar-refractivity contribution is -0.120. The number of methoxy groups -OCH3 is 1. The fourth-order valence-electron chi connectivity index (χ4n) is 3.32. The number of hydrogen-bond donors (Lipinski definition) is 1. The van der Waals surface area contributed by atoms with Crippen molar-refractivity contribution in [2.24, 2.45) is 5.92 Å². The van der Waals surface area contributed by atoms with Crippen LogP contribution < -0.4 is 20.5 Å². The van der Waals surface area contributed by atoms with E-state index < -0.39 is 0 Å². The van der Waals surface area contributed by atoms with Crippen molar-refractivity contribution in [1.29, 1.82) is 0 Å². The molecule has 3 heterocycles. The molecule has 9 heteroatoms. The van der Waals surface area contributed by atoms with Gasteiger partial charge in [-0.05, 0) is 44.0 Å². The number of aryl methyl sites for hydroxylation is 1. The quantitative estimate of drug-likeness (QED) is 0.724. The normalized spacial score (nSPS) is 16.9. The van der Waals surface area contributed by atoms with E-state index >= 15 is 0 Å². The van der Waals surface area contributed by atoms with Crippen molar-refractivity contribution in [2.75, 3.05) is 30.4 Å². The maximum Gasteiger partial charge on any atom is 0.275 e. The average Bonchev–Trinajstić information content (AvgIpc) is 3.13. The molecule has 0 spiro atoms. The molecule has 1 N–H and O–H groups in total. The number of ether oxygens (including phenoxy) is 1. The van der Waals surface area contributed by atoms with Crippen LogP contribution in [0.25, 0.3) is 4.96 Å². The van der Waals surface area contributed by atoms with Crippen molar-refractivity contribution in [3.05, 3.63) is 46.4 Å². The third-order valence-corrected chi connectivity index (χ3v) is 5.75. The van der Waals surface area contributed by atoms with Gasteiger partial charge in [-0.1, -0.05) is 11.3 Å². The van der Waals surface area contributed by atoms with Crippen molar-refractivity contribution in [3.8, 4) is 5.75 Å². The van der Waals surface area contributed by atoms with Crippen LogP contribution in [0.2, 0.25) is 0 Å². The Balaban J connectivity index is 1.48. The van der Waals surface area contributed by atoms with Gasteiger partial charge in [0.15, 0.2) is 0 Å². The summed E-state index contributed by atoms with van der Waals surface area (Å²) in [6, 6.07) is 8.75. The predicted molar refractivity (Wildman–Crippen MR) is 108 cm³/mol. The van der Waals surface area contributed by atoms with Gasteiger partial charge in [-0.15, -0.1) is 5.10 Å². The highest BCUT2D eigenvalue weighted by Gasteiger charge is 2.28. The summed E-state index contributed by atoms with van der Waals surface area (Å²) in [4.78, 5) is 31.8. The molecule has 0 bridgehead atoms. The van der Waals surface area contributed by atoms with Gasteiger partial charge in [-0.2, -0.15) is 4.52 Å². The summed E-state index contributed by atoms with van der Waals surface area (Å²) in [5.74, 6) is 0.591. The van der Waals surface area contributed by atoms with E-state index in [9.17, 15) is 9.59 Å². The number of aromatic nitrogens is 3. The molecule has 1 saturated heterocycles. The fourth-order valence-corrected chi connectivity index (χ4v) is 4.31. The number of benzene rings is 1. The highest BCUT2D eigenvalue weighted by Crippen LogP contribution is 2.27. The van der Waals surface area contributed by atoms with E-state index in [-0.39, 0.29) is 17.4 Å². The van der Waals surface area contributed by atoms with Crippen LogP contribution in [0.1, 0.15) is 18.5 Å². The summed E-state index contributed by atoms with van der Waals surface area (Å²) in [5.41, 5.74) is 1.24. The van der Waals surface area contributed by atoms with E-state index in [4.69, 9.17) is 4.74 Å². The lowest BCUT2D eigenvalue weighted by atomic mass is 9.97. The van der Waals surface area contributed by atoms with Gasteiger partial charge in [0.2, 0.25) is 16.0 Å². The lowest BCUT2D eigenvalue weighted by Crippen LogP contribution is -2.40. The molecule has 3 aromatic rings. The molecule has 1 amide bonds. The van der Waals surface area contributed by atoms with E-state index in [1.165, 1.54) is 21.9 Å². The fraction of sp³-hybridized carbons (Fsp3) is 0.368. The first-order valence-corrected chi connectivity index (χ1v) is 9.92. The standard InChI is InChI=1S/C19H21N5O3S/c1-12-10-16(25)24-18(20-12)28-19(22-24)23-9-3-4-13(11-23)17(26)21-14-5-7-15(27-2)8-6-14/h5-8,10,13H,3-4,9,11H2,1-2H3,(H,21,26)/t13-/m1/s1. The Labute approximate surface area is 165 Å². The summed E-state index contributed by atoms with van der Waals surface area (Å²) in [6.07, 6.45) is 1.71. The van der Waals surface area contributed by atoms with Crippen LogP contribution in [-0.4, -0.2) is 40.7 Å². The molecule has 1 atom stereocenters.